The normalized spacial score (nSPS) is 0. The molecule has 4 heteroatoms. The molecule has 0 aliphatic rings. The van der Waals surface area contributed by atoms with Gasteiger partial charge >= 0.3 is 0 Å². The molecular formula is CeNdNiPr. The van der Waals surface area contributed by atoms with Crippen LogP contribution in [-0.2, 0) is 16.5 Å². The van der Waals surface area contributed by atoms with Gasteiger partial charge in [0.2, 0.25) is 0 Å². The first kappa shape index (κ1) is 23.5. The Morgan fingerprint density at radius 3 is 1.00 bits per heavy atom. The van der Waals surface area contributed by atoms with Gasteiger partial charge in [0.05, 0.1) is 0 Å². The predicted octanol–water partition coefficient (Wildman–Crippen LogP) is -0.00250. The minimum Gasteiger partial charge on any atom is 0 e. The fourth-order valence-electron chi connectivity index (χ4n) is 0. The van der Waals surface area contributed by atoms with E-state index in [1.165, 1.54) is 0 Å². The van der Waals surface area contributed by atoms with Crippen molar-refractivity contribution in [3.05, 3.63) is 0 Å². The van der Waals surface area contributed by atoms with E-state index in [4.69, 9.17) is 0 Å². The second-order valence-electron chi connectivity index (χ2n) is 0. The largest absolute Gasteiger partial charge is 0 e. The fraction of sp³-hybridized carbons (Fsp3) is 0. The van der Waals surface area contributed by atoms with Crippen molar-refractivity contribution < 1.29 is 140 Å². The molecule has 0 saturated heterocycles. The monoisotopic (exact) mass is 481 g/mol. The van der Waals surface area contributed by atoms with Gasteiger partial charge in [-0.25, -0.2) is 0 Å². The van der Waals surface area contributed by atoms with Crippen molar-refractivity contribution in [3.63, 3.8) is 0 Å². The molecule has 1 radical (unpaired) electrons. The van der Waals surface area contributed by atoms with E-state index in [0.717, 1.165) is 0 Å². The third kappa shape index (κ3) is 9.77. The van der Waals surface area contributed by atoms with Gasteiger partial charge in [-0.2, -0.15) is 0 Å². The van der Waals surface area contributed by atoms with Gasteiger partial charge in [0.1, 0.15) is 0 Å². The number of hydrogen-bond donors (Lipinski definition) is 0. The van der Waals surface area contributed by atoms with Crippen molar-refractivity contribution in [2.24, 2.45) is 0 Å². The van der Waals surface area contributed by atoms with Gasteiger partial charge in [-0.05, 0) is 0 Å². The van der Waals surface area contributed by atoms with Crippen LogP contribution in [0.1, 0.15) is 0 Å². The molecule has 0 saturated carbocycles. The maximum absolute atomic E-state index is 0. The molecule has 0 aromatic carbocycles. The van der Waals surface area contributed by atoms with Crippen molar-refractivity contribution in [3.8, 4) is 0 Å². The smallest absolute Gasteiger partial charge is 0 e. The summed E-state index contributed by atoms with van der Waals surface area (Å²) in [5.41, 5.74) is 0. The zero-order valence-electron chi connectivity index (χ0n) is 1.89. The predicted molar refractivity (Wildman–Crippen MR) is 0 cm³/mol. The van der Waals surface area contributed by atoms with Gasteiger partial charge in [0, 0.05) is 140 Å². The van der Waals surface area contributed by atoms with Gasteiger partial charge < -0.3 is 0 Å². The fourth-order valence-corrected chi connectivity index (χ4v) is 0. The maximum atomic E-state index is 0. The molecule has 0 fully saturated rings. The van der Waals surface area contributed by atoms with Crippen LogP contribution in [0.3, 0.4) is 0 Å². The molecule has 0 amide bonds. The Kier molecular flexibility index (Phi) is 91.9. The van der Waals surface area contributed by atoms with Gasteiger partial charge in [-0.1, -0.05) is 0 Å². The molecule has 0 atom stereocenters. The summed E-state index contributed by atoms with van der Waals surface area (Å²) in [6.07, 6.45) is 0. The molecule has 0 nitrogen and oxygen atoms in total. The second-order valence-corrected chi connectivity index (χ2v) is 0. The average molecular weight is 484 g/mol. The Hall–Kier alpha value is 4.58. The molecule has 0 aromatic heterocycles. The zero-order valence-corrected chi connectivity index (χ0v) is 12.9. The van der Waals surface area contributed by atoms with Crippen LogP contribution in [-0.4, -0.2) is 0 Å². The van der Waals surface area contributed by atoms with Gasteiger partial charge in [0.25, 0.3) is 0 Å². The van der Waals surface area contributed by atoms with Crippen LogP contribution in [0.15, 0.2) is 0 Å². The first-order chi connectivity index (χ1) is 0. The molecule has 0 aromatic rings. The van der Waals surface area contributed by atoms with Crippen molar-refractivity contribution in [1.29, 1.82) is 0 Å². The van der Waals surface area contributed by atoms with E-state index in [1.54, 1.807) is 0 Å². The third-order valence-electron chi connectivity index (χ3n) is 0. The first-order valence-corrected chi connectivity index (χ1v) is 0. The van der Waals surface area contributed by atoms with E-state index < -0.39 is 0 Å². The maximum Gasteiger partial charge on any atom is 0 e. The summed E-state index contributed by atoms with van der Waals surface area (Å²) in [6, 6.07) is 0. The van der Waals surface area contributed by atoms with Crippen LogP contribution >= 0.6 is 0 Å². The van der Waals surface area contributed by atoms with E-state index >= 15 is 0 Å². The molecule has 0 bridgehead atoms. The van der Waals surface area contributed by atoms with E-state index in [2.05, 4.69) is 0 Å². The molecule has 0 spiro atoms. The van der Waals surface area contributed by atoms with Crippen LogP contribution in [0, 0.1) is 124 Å². The number of hydrogen-bond acceptors (Lipinski definition) is 0. The average Bonchev–Trinajstić information content (AvgIpc) is 0. The standard InChI is InChI=1S/Ce.Nd.Ni.Pr. The molecule has 4 heavy (non-hydrogen) atoms. The van der Waals surface area contributed by atoms with E-state index in [9.17, 15) is 0 Å². The molecule has 0 aliphatic heterocycles. The van der Waals surface area contributed by atoms with E-state index in [-0.39, 0.29) is 140 Å². The van der Waals surface area contributed by atoms with Gasteiger partial charge in [-0.15, -0.1) is 0 Å². The van der Waals surface area contributed by atoms with Crippen molar-refractivity contribution in [2.45, 2.75) is 0 Å². The van der Waals surface area contributed by atoms with Crippen molar-refractivity contribution >= 4 is 0 Å². The summed E-state index contributed by atoms with van der Waals surface area (Å²) in [6.45, 7) is 0. The summed E-state index contributed by atoms with van der Waals surface area (Å²) < 4.78 is 0. The summed E-state index contributed by atoms with van der Waals surface area (Å²) in [4.78, 5) is 0. The van der Waals surface area contributed by atoms with Crippen molar-refractivity contribution in [2.75, 3.05) is 0 Å². The Labute approximate surface area is 136 Å². The molecular weight excluding hydrogens is 484 g/mol. The van der Waals surface area contributed by atoms with Crippen LogP contribution in [0.2, 0.25) is 0 Å². The molecule has 0 unspecified atom stereocenters. The summed E-state index contributed by atoms with van der Waals surface area (Å²) in [7, 11) is 0. The molecule has 0 rings (SSSR count). The van der Waals surface area contributed by atoms with Gasteiger partial charge in [-0.3, -0.25) is 0 Å². The summed E-state index contributed by atoms with van der Waals surface area (Å²) in [5.74, 6) is 0. The van der Waals surface area contributed by atoms with Crippen molar-refractivity contribution in [1.82, 2.24) is 0 Å². The Morgan fingerprint density at radius 1 is 1.00 bits per heavy atom. The first-order valence-electron chi connectivity index (χ1n) is 0. The zero-order chi connectivity index (χ0) is 0. The van der Waals surface area contributed by atoms with E-state index in [0.29, 0.717) is 0 Å². The Balaban J connectivity index is 0. The minimum atomic E-state index is 0. The molecule has 21 valence electrons. The third-order valence-corrected chi connectivity index (χ3v) is 0. The molecule has 0 heterocycles. The van der Waals surface area contributed by atoms with Gasteiger partial charge in [0.15, 0.2) is 0 Å². The summed E-state index contributed by atoms with van der Waals surface area (Å²) in [5, 5.41) is 0. The minimum absolute atomic E-state index is 0. The van der Waals surface area contributed by atoms with E-state index in [1.807, 2.05) is 0 Å². The Bertz CT molecular complexity index is 8.00. The topological polar surface area (TPSA) is 0 Å². The Morgan fingerprint density at radius 2 is 1.00 bits per heavy atom. The molecule has 0 aliphatic carbocycles. The molecule has 0 N–H and O–H groups in total. The SMILES string of the molecule is [Ce].[Nd].[Ni].[Pr]. The van der Waals surface area contributed by atoms with Crippen LogP contribution in [0.4, 0.5) is 0 Å². The quantitative estimate of drug-likeness (QED) is 0.426. The number of rotatable bonds is 0. The van der Waals surface area contributed by atoms with Crippen LogP contribution < -0.4 is 0 Å². The van der Waals surface area contributed by atoms with Crippen LogP contribution in [0.25, 0.3) is 0 Å². The van der Waals surface area contributed by atoms with Crippen LogP contribution in [0.5, 0.6) is 0 Å². The summed E-state index contributed by atoms with van der Waals surface area (Å²) >= 11 is 0. The second kappa shape index (κ2) is 15.6.